The highest BCUT2D eigenvalue weighted by molar-refractivity contribution is 6.00. The number of benzene rings is 1. The first-order chi connectivity index (χ1) is 14.8. The molecular weight excluding hydrogens is 392 g/mol. The number of hydrogen-bond acceptors (Lipinski definition) is 6. The molecule has 1 aromatic carbocycles. The minimum atomic E-state index is -0.477. The van der Waals surface area contributed by atoms with Crippen molar-refractivity contribution in [2.45, 2.75) is 38.7 Å². The molecule has 160 valence electrons. The summed E-state index contributed by atoms with van der Waals surface area (Å²) in [5.41, 5.74) is 2.66. The van der Waals surface area contributed by atoms with E-state index in [-0.39, 0.29) is 17.1 Å². The number of hydrogen-bond donors (Lipinski definition) is 1. The fraction of sp³-hybridized carbons (Fsp3) is 0.500. The molecule has 1 amide bonds. The van der Waals surface area contributed by atoms with Crippen molar-refractivity contribution in [2.24, 2.45) is 21.1 Å². The van der Waals surface area contributed by atoms with E-state index in [9.17, 15) is 9.59 Å². The third kappa shape index (κ3) is 2.69. The third-order valence-corrected chi connectivity index (χ3v) is 7.40. The van der Waals surface area contributed by atoms with Crippen LogP contribution in [0.1, 0.15) is 43.5 Å². The molecule has 0 bridgehead atoms. The van der Waals surface area contributed by atoms with E-state index in [2.05, 4.69) is 29.4 Å². The second kappa shape index (κ2) is 6.13. The van der Waals surface area contributed by atoms with Crippen LogP contribution in [-0.2, 0) is 9.53 Å². The standard InChI is InChI=1S/C24H26N4O3/c1-22(2)8-17-19(18(29)9-22)24(16-10-25-27-20(16)26-17)11-23(31-14-24)12-28(13-23)21(30)15-6-4-3-5-7-15/h3-7,26H,8-14H2,1-2H3/t24-/m0/s1. The van der Waals surface area contributed by atoms with E-state index in [0.717, 1.165) is 29.1 Å². The average molecular weight is 418 g/mol. The van der Waals surface area contributed by atoms with Gasteiger partial charge in [-0.25, -0.2) is 0 Å². The number of rotatable bonds is 1. The second-order valence-electron chi connectivity index (χ2n) is 10.4. The lowest BCUT2D eigenvalue weighted by Crippen LogP contribution is -2.63. The lowest BCUT2D eigenvalue weighted by atomic mass is 9.61. The molecule has 1 aliphatic carbocycles. The van der Waals surface area contributed by atoms with Gasteiger partial charge >= 0.3 is 0 Å². The molecule has 5 aliphatic rings. The van der Waals surface area contributed by atoms with Gasteiger partial charge in [-0.1, -0.05) is 32.0 Å². The van der Waals surface area contributed by atoms with E-state index < -0.39 is 11.0 Å². The van der Waals surface area contributed by atoms with Gasteiger partial charge in [0.25, 0.3) is 5.91 Å². The number of Topliss-reactive ketones (excluding diaryl/α,β-unsaturated/α-hetero) is 1. The first-order valence-corrected chi connectivity index (χ1v) is 10.9. The number of carbonyl (C=O) groups excluding carboxylic acids is 2. The number of amides is 1. The fourth-order valence-electron chi connectivity index (χ4n) is 6.11. The second-order valence-corrected chi connectivity index (χ2v) is 10.4. The molecule has 2 saturated heterocycles. The number of carbonyl (C=O) groups is 2. The Morgan fingerprint density at radius 2 is 1.94 bits per heavy atom. The predicted octanol–water partition coefficient (Wildman–Crippen LogP) is 3.21. The molecule has 7 heteroatoms. The molecule has 0 unspecified atom stereocenters. The molecule has 2 spiro atoms. The minimum Gasteiger partial charge on any atom is -0.370 e. The SMILES string of the molecule is CC1(C)CC(=O)C2=C(C1)NC1=C(CN=N1)[C@]21COC2(CN(C(=O)c3ccccc3)C2)C1. The van der Waals surface area contributed by atoms with E-state index in [1.54, 1.807) is 0 Å². The van der Waals surface area contributed by atoms with Gasteiger partial charge in [0, 0.05) is 28.8 Å². The van der Waals surface area contributed by atoms with Crippen molar-refractivity contribution in [1.82, 2.24) is 10.2 Å². The summed E-state index contributed by atoms with van der Waals surface area (Å²) in [6.45, 7) is 6.33. The molecule has 0 aromatic heterocycles. The summed E-state index contributed by atoms with van der Waals surface area (Å²) < 4.78 is 6.42. The highest BCUT2D eigenvalue weighted by Crippen LogP contribution is 2.58. The van der Waals surface area contributed by atoms with E-state index in [4.69, 9.17) is 4.74 Å². The zero-order valence-electron chi connectivity index (χ0n) is 17.9. The van der Waals surface area contributed by atoms with Crippen LogP contribution in [0.25, 0.3) is 0 Å². The molecular formula is C24H26N4O3. The number of nitrogens with zero attached hydrogens (tertiary/aromatic N) is 3. The largest absolute Gasteiger partial charge is 0.370 e. The Morgan fingerprint density at radius 1 is 1.16 bits per heavy atom. The molecule has 1 N–H and O–H groups in total. The van der Waals surface area contributed by atoms with Gasteiger partial charge in [0.2, 0.25) is 0 Å². The van der Waals surface area contributed by atoms with Crippen molar-refractivity contribution < 1.29 is 14.3 Å². The molecule has 31 heavy (non-hydrogen) atoms. The Bertz CT molecular complexity index is 1100. The van der Waals surface area contributed by atoms with Gasteiger partial charge in [0.1, 0.15) is 5.60 Å². The Hall–Kier alpha value is -2.80. The fourth-order valence-corrected chi connectivity index (χ4v) is 6.11. The highest BCUT2D eigenvalue weighted by atomic mass is 16.5. The van der Waals surface area contributed by atoms with Crippen molar-refractivity contribution in [3.8, 4) is 0 Å². The van der Waals surface area contributed by atoms with Crippen LogP contribution >= 0.6 is 0 Å². The minimum absolute atomic E-state index is 0.0299. The number of fused-ring (bicyclic) bond motifs is 2. The first kappa shape index (κ1) is 18.9. The van der Waals surface area contributed by atoms with Crippen molar-refractivity contribution in [1.29, 1.82) is 0 Å². The number of ether oxygens (including phenoxy) is 1. The molecule has 0 radical (unpaired) electrons. The number of dihydropyridines is 1. The molecule has 4 aliphatic heterocycles. The number of allylic oxidation sites excluding steroid dienone is 1. The molecule has 0 saturated carbocycles. The summed E-state index contributed by atoms with van der Waals surface area (Å²) in [5.74, 6) is 1.03. The summed E-state index contributed by atoms with van der Waals surface area (Å²) in [6.07, 6.45) is 2.06. The smallest absolute Gasteiger partial charge is 0.254 e. The summed E-state index contributed by atoms with van der Waals surface area (Å²) in [5, 5.41) is 12.0. The number of likely N-dealkylation sites (tertiary alicyclic amines) is 1. The summed E-state index contributed by atoms with van der Waals surface area (Å²) in [4.78, 5) is 28.0. The van der Waals surface area contributed by atoms with Gasteiger partial charge < -0.3 is 15.0 Å². The quantitative estimate of drug-likeness (QED) is 0.759. The highest BCUT2D eigenvalue weighted by Gasteiger charge is 2.63. The van der Waals surface area contributed by atoms with Crippen molar-refractivity contribution in [3.05, 3.63) is 58.6 Å². The van der Waals surface area contributed by atoms with Crippen LogP contribution in [-0.4, -0.2) is 48.4 Å². The van der Waals surface area contributed by atoms with E-state index in [1.807, 2.05) is 35.2 Å². The molecule has 1 aromatic rings. The molecule has 1 atom stereocenters. The maximum Gasteiger partial charge on any atom is 0.254 e. The van der Waals surface area contributed by atoms with Crippen molar-refractivity contribution >= 4 is 11.7 Å². The van der Waals surface area contributed by atoms with Crippen LogP contribution in [0.3, 0.4) is 0 Å². The Morgan fingerprint density at radius 3 is 2.71 bits per heavy atom. The van der Waals surface area contributed by atoms with Crippen LogP contribution in [0.5, 0.6) is 0 Å². The van der Waals surface area contributed by atoms with Gasteiger partial charge in [-0.3, -0.25) is 9.59 Å². The lowest BCUT2D eigenvalue weighted by molar-refractivity contribution is -0.119. The predicted molar refractivity (Wildman–Crippen MR) is 113 cm³/mol. The van der Waals surface area contributed by atoms with Gasteiger partial charge in [-0.05, 0) is 30.4 Å². The zero-order valence-corrected chi connectivity index (χ0v) is 17.9. The Kier molecular flexibility index (Phi) is 3.74. The van der Waals surface area contributed by atoms with Crippen LogP contribution in [0.15, 0.2) is 63.2 Å². The lowest BCUT2D eigenvalue weighted by Gasteiger charge is -2.48. The van der Waals surface area contributed by atoms with Gasteiger partial charge in [0.05, 0.1) is 31.7 Å². The maximum absolute atomic E-state index is 13.4. The molecule has 4 heterocycles. The summed E-state index contributed by atoms with van der Waals surface area (Å²) in [7, 11) is 0. The zero-order chi connectivity index (χ0) is 21.4. The maximum atomic E-state index is 13.4. The van der Waals surface area contributed by atoms with Gasteiger partial charge in [-0.15, -0.1) is 5.11 Å². The normalized spacial score (nSPS) is 29.9. The monoisotopic (exact) mass is 418 g/mol. The van der Waals surface area contributed by atoms with Crippen molar-refractivity contribution in [3.63, 3.8) is 0 Å². The first-order valence-electron chi connectivity index (χ1n) is 10.9. The summed E-state index contributed by atoms with van der Waals surface area (Å²) >= 11 is 0. The van der Waals surface area contributed by atoms with E-state index >= 15 is 0 Å². The molecule has 2 fully saturated rings. The Labute approximate surface area is 181 Å². The van der Waals surface area contributed by atoms with Gasteiger partial charge in [-0.2, -0.15) is 5.11 Å². The van der Waals surface area contributed by atoms with E-state index in [1.165, 1.54) is 0 Å². The summed E-state index contributed by atoms with van der Waals surface area (Å²) in [6, 6.07) is 9.35. The topological polar surface area (TPSA) is 83.4 Å². The average Bonchev–Trinajstić information content (AvgIpc) is 3.32. The van der Waals surface area contributed by atoms with Crippen LogP contribution in [0.2, 0.25) is 0 Å². The van der Waals surface area contributed by atoms with Gasteiger partial charge in [0.15, 0.2) is 11.6 Å². The molecule has 6 rings (SSSR count). The van der Waals surface area contributed by atoms with Crippen LogP contribution in [0.4, 0.5) is 0 Å². The number of azo groups is 1. The third-order valence-electron chi connectivity index (χ3n) is 7.40. The van der Waals surface area contributed by atoms with Crippen LogP contribution in [0, 0.1) is 10.8 Å². The number of ketones is 1. The molecule has 7 nitrogen and oxygen atoms in total. The van der Waals surface area contributed by atoms with E-state index in [0.29, 0.717) is 44.6 Å². The Balaban J connectivity index is 1.31. The van der Waals surface area contributed by atoms with Crippen LogP contribution < -0.4 is 5.32 Å². The van der Waals surface area contributed by atoms with Crippen molar-refractivity contribution in [2.75, 3.05) is 26.2 Å². The number of nitrogens with one attached hydrogen (secondary N) is 1.